The fraction of sp³-hybridized carbons (Fsp3) is 0.375. The summed E-state index contributed by atoms with van der Waals surface area (Å²) in [6, 6.07) is 3.96. The number of nitrogens with one attached hydrogen (secondary N) is 1. The molecule has 1 amide bonds. The molecule has 1 aromatic carbocycles. The van der Waals surface area contributed by atoms with Crippen LogP contribution in [0.2, 0.25) is 0 Å². The van der Waals surface area contributed by atoms with Gasteiger partial charge in [0.1, 0.15) is 0 Å². The van der Waals surface area contributed by atoms with Gasteiger partial charge in [0.2, 0.25) is 5.91 Å². The minimum atomic E-state index is -0.0521. The van der Waals surface area contributed by atoms with Crippen LogP contribution in [0.15, 0.2) is 26.5 Å². The molecule has 0 radical (unpaired) electrons. The Balaban J connectivity index is 1.94. The Bertz CT molecular complexity index is 679. The van der Waals surface area contributed by atoms with Crippen molar-refractivity contribution in [2.24, 2.45) is 0 Å². The van der Waals surface area contributed by atoms with Crippen LogP contribution in [0.25, 0.3) is 0 Å². The Labute approximate surface area is 157 Å². The second-order valence-electron chi connectivity index (χ2n) is 5.41. The molecule has 0 aliphatic heterocycles. The van der Waals surface area contributed by atoms with Crippen LogP contribution in [0.5, 0.6) is 0 Å². The number of aryl methyl sites for hydroxylation is 2. The average molecular weight is 461 g/mol. The molecule has 0 bridgehead atoms. The van der Waals surface area contributed by atoms with Crippen molar-refractivity contribution in [3.05, 3.63) is 42.7 Å². The SMILES string of the molecule is CCc1nc(CN(C)CC(=O)Nc2c(Br)cc(C)cc2Br)cs1. The highest BCUT2D eigenvalue weighted by Crippen LogP contribution is 2.32. The van der Waals surface area contributed by atoms with Gasteiger partial charge < -0.3 is 5.32 Å². The lowest BCUT2D eigenvalue weighted by Crippen LogP contribution is -2.30. The number of benzene rings is 1. The lowest BCUT2D eigenvalue weighted by molar-refractivity contribution is -0.117. The molecule has 0 aliphatic rings. The molecule has 4 nitrogen and oxygen atoms in total. The van der Waals surface area contributed by atoms with Gasteiger partial charge in [-0.25, -0.2) is 4.98 Å². The predicted octanol–water partition coefficient (Wildman–Crippen LogP) is 4.61. The third kappa shape index (κ3) is 5.38. The van der Waals surface area contributed by atoms with Crippen LogP contribution < -0.4 is 5.32 Å². The summed E-state index contributed by atoms with van der Waals surface area (Å²) in [4.78, 5) is 18.7. The van der Waals surface area contributed by atoms with Crippen molar-refractivity contribution in [2.75, 3.05) is 18.9 Å². The zero-order valence-electron chi connectivity index (χ0n) is 13.3. The number of aromatic nitrogens is 1. The van der Waals surface area contributed by atoms with E-state index in [1.54, 1.807) is 11.3 Å². The number of rotatable bonds is 6. The minimum absolute atomic E-state index is 0.0521. The number of nitrogens with zero attached hydrogens (tertiary/aromatic N) is 2. The van der Waals surface area contributed by atoms with Gasteiger partial charge >= 0.3 is 0 Å². The van der Waals surface area contributed by atoms with Gasteiger partial charge in [-0.3, -0.25) is 9.69 Å². The zero-order valence-corrected chi connectivity index (χ0v) is 17.3. The summed E-state index contributed by atoms with van der Waals surface area (Å²) < 4.78 is 1.74. The molecule has 7 heteroatoms. The summed E-state index contributed by atoms with van der Waals surface area (Å²) in [7, 11) is 1.92. The highest BCUT2D eigenvalue weighted by molar-refractivity contribution is 9.11. The van der Waals surface area contributed by atoms with Crippen molar-refractivity contribution in [3.63, 3.8) is 0 Å². The van der Waals surface area contributed by atoms with Crippen molar-refractivity contribution >= 4 is 54.8 Å². The number of hydrogen-bond acceptors (Lipinski definition) is 4. The summed E-state index contributed by atoms with van der Waals surface area (Å²) >= 11 is 8.65. The summed E-state index contributed by atoms with van der Waals surface area (Å²) in [5.41, 5.74) is 2.89. The lowest BCUT2D eigenvalue weighted by Gasteiger charge is -2.16. The maximum absolute atomic E-state index is 12.3. The first-order valence-corrected chi connectivity index (χ1v) is 9.73. The van der Waals surface area contributed by atoms with Gasteiger partial charge in [-0.05, 0) is 69.9 Å². The van der Waals surface area contributed by atoms with Crippen LogP contribution in [0.3, 0.4) is 0 Å². The zero-order chi connectivity index (χ0) is 17.0. The van der Waals surface area contributed by atoms with Crippen LogP contribution in [0.4, 0.5) is 5.69 Å². The first-order chi connectivity index (χ1) is 10.9. The molecule has 1 heterocycles. The van der Waals surface area contributed by atoms with E-state index in [2.05, 4.69) is 54.5 Å². The van der Waals surface area contributed by atoms with Crippen LogP contribution in [0.1, 0.15) is 23.2 Å². The Morgan fingerprint density at radius 1 is 1.35 bits per heavy atom. The van der Waals surface area contributed by atoms with E-state index in [1.165, 1.54) is 0 Å². The van der Waals surface area contributed by atoms with E-state index in [9.17, 15) is 4.79 Å². The second kappa shape index (κ2) is 8.37. The van der Waals surface area contributed by atoms with Crippen LogP contribution in [0, 0.1) is 6.92 Å². The number of anilines is 1. The topological polar surface area (TPSA) is 45.2 Å². The van der Waals surface area contributed by atoms with Gasteiger partial charge in [0.25, 0.3) is 0 Å². The molecule has 1 N–H and O–H groups in total. The van der Waals surface area contributed by atoms with E-state index in [0.29, 0.717) is 13.1 Å². The fourth-order valence-electron chi connectivity index (χ4n) is 2.16. The summed E-state index contributed by atoms with van der Waals surface area (Å²) in [6.07, 6.45) is 0.949. The molecule has 0 unspecified atom stereocenters. The van der Waals surface area contributed by atoms with Gasteiger partial charge in [-0.15, -0.1) is 11.3 Å². The molecular formula is C16H19Br2N3OS. The number of hydrogen-bond donors (Lipinski definition) is 1. The smallest absolute Gasteiger partial charge is 0.238 e. The van der Waals surface area contributed by atoms with E-state index in [4.69, 9.17) is 0 Å². The van der Waals surface area contributed by atoms with E-state index in [1.807, 2.05) is 31.0 Å². The maximum Gasteiger partial charge on any atom is 0.238 e. The Morgan fingerprint density at radius 3 is 2.57 bits per heavy atom. The van der Waals surface area contributed by atoms with Crippen molar-refractivity contribution in [2.45, 2.75) is 26.8 Å². The molecule has 23 heavy (non-hydrogen) atoms. The quantitative estimate of drug-likeness (QED) is 0.684. The molecule has 0 saturated carbocycles. The van der Waals surface area contributed by atoms with Gasteiger partial charge in [0, 0.05) is 20.9 Å². The number of likely N-dealkylation sites (N-methyl/N-ethyl adjacent to an activating group) is 1. The first-order valence-electron chi connectivity index (χ1n) is 7.26. The molecule has 0 aliphatic carbocycles. The standard InChI is InChI=1S/C16H19Br2N3OS/c1-4-15-19-11(9-23-15)7-21(3)8-14(22)20-16-12(17)5-10(2)6-13(16)18/h5-6,9H,4,7-8H2,1-3H3,(H,20,22). The average Bonchev–Trinajstić information content (AvgIpc) is 2.90. The molecule has 0 spiro atoms. The second-order valence-corrected chi connectivity index (χ2v) is 8.06. The van der Waals surface area contributed by atoms with Gasteiger partial charge in [-0.2, -0.15) is 0 Å². The molecule has 2 rings (SSSR count). The fourth-order valence-corrected chi connectivity index (χ4v) is 4.51. The van der Waals surface area contributed by atoms with Crippen LogP contribution in [-0.4, -0.2) is 29.4 Å². The van der Waals surface area contributed by atoms with Gasteiger partial charge in [0.05, 0.1) is 22.9 Å². The minimum Gasteiger partial charge on any atom is -0.323 e. The molecule has 0 fully saturated rings. The van der Waals surface area contributed by atoms with Gasteiger partial charge in [0.15, 0.2) is 0 Å². The maximum atomic E-state index is 12.3. The Hall–Kier alpha value is -0.760. The summed E-state index contributed by atoms with van der Waals surface area (Å²) in [5, 5.41) is 6.13. The van der Waals surface area contributed by atoms with E-state index >= 15 is 0 Å². The van der Waals surface area contributed by atoms with Gasteiger partial charge in [-0.1, -0.05) is 6.92 Å². The number of halogens is 2. The highest BCUT2D eigenvalue weighted by atomic mass is 79.9. The molecule has 2 aromatic rings. The molecular weight excluding hydrogens is 442 g/mol. The largest absolute Gasteiger partial charge is 0.323 e. The van der Waals surface area contributed by atoms with Crippen molar-refractivity contribution in [3.8, 4) is 0 Å². The Morgan fingerprint density at radius 2 is 2.00 bits per heavy atom. The lowest BCUT2D eigenvalue weighted by atomic mass is 10.2. The normalized spacial score (nSPS) is 11.0. The van der Waals surface area contributed by atoms with E-state index in [0.717, 1.165) is 37.3 Å². The number of carbonyl (C=O) groups excluding carboxylic acids is 1. The first kappa shape index (κ1) is 18.6. The number of thiazole rings is 1. The van der Waals surface area contributed by atoms with Crippen molar-refractivity contribution < 1.29 is 4.79 Å². The molecule has 0 saturated heterocycles. The van der Waals surface area contributed by atoms with E-state index in [-0.39, 0.29) is 5.91 Å². The molecule has 0 atom stereocenters. The number of amides is 1. The van der Waals surface area contributed by atoms with Crippen molar-refractivity contribution in [1.82, 2.24) is 9.88 Å². The third-order valence-electron chi connectivity index (χ3n) is 3.20. The third-order valence-corrected chi connectivity index (χ3v) is 5.49. The van der Waals surface area contributed by atoms with Crippen LogP contribution in [-0.2, 0) is 17.8 Å². The molecule has 124 valence electrons. The monoisotopic (exact) mass is 459 g/mol. The predicted molar refractivity (Wildman–Crippen MR) is 103 cm³/mol. The number of carbonyl (C=O) groups is 1. The van der Waals surface area contributed by atoms with Crippen molar-refractivity contribution in [1.29, 1.82) is 0 Å². The highest BCUT2D eigenvalue weighted by Gasteiger charge is 2.13. The van der Waals surface area contributed by atoms with Crippen LogP contribution >= 0.6 is 43.2 Å². The molecule has 1 aromatic heterocycles. The summed E-state index contributed by atoms with van der Waals surface area (Å²) in [6.45, 7) is 5.08. The Kier molecular flexibility index (Phi) is 6.76. The van der Waals surface area contributed by atoms with E-state index < -0.39 is 0 Å². The summed E-state index contributed by atoms with van der Waals surface area (Å²) in [5.74, 6) is -0.0521.